The number of ether oxygens (including phenoxy) is 6. The van der Waals surface area contributed by atoms with E-state index >= 15 is 0 Å². The number of anilines is 2. The lowest BCUT2D eigenvalue weighted by Crippen LogP contribution is -2.46. The molecule has 5 rings (SSSR count). The molecule has 2 atom stereocenters. The predicted octanol–water partition coefficient (Wildman–Crippen LogP) is 4.93. The van der Waals surface area contributed by atoms with Gasteiger partial charge in [0, 0.05) is 38.3 Å². The van der Waals surface area contributed by atoms with E-state index < -0.39 is 0 Å². The molecule has 3 saturated heterocycles. The summed E-state index contributed by atoms with van der Waals surface area (Å²) in [4.78, 5) is 4.83. The average Bonchev–Trinajstić information content (AvgIpc) is 3.87. The van der Waals surface area contributed by atoms with Crippen molar-refractivity contribution in [2.75, 3.05) is 75.6 Å². The van der Waals surface area contributed by atoms with Crippen molar-refractivity contribution in [1.29, 1.82) is 0 Å². The Labute approximate surface area is 226 Å². The van der Waals surface area contributed by atoms with Gasteiger partial charge in [0.2, 0.25) is 0 Å². The van der Waals surface area contributed by atoms with E-state index in [0.717, 1.165) is 99.4 Å². The summed E-state index contributed by atoms with van der Waals surface area (Å²) < 4.78 is 34.9. The maximum atomic E-state index is 6.23. The topological polar surface area (TPSA) is 68.5 Å². The zero-order valence-corrected chi connectivity index (χ0v) is 22.9. The predicted molar refractivity (Wildman–Crippen MR) is 149 cm³/mol. The molecule has 3 heterocycles. The maximum absolute atomic E-state index is 6.23. The van der Waals surface area contributed by atoms with Gasteiger partial charge >= 0.3 is 0 Å². The molecule has 0 spiro atoms. The van der Waals surface area contributed by atoms with Crippen molar-refractivity contribution in [2.24, 2.45) is 0 Å². The average molecular weight is 527 g/mol. The van der Waals surface area contributed by atoms with Gasteiger partial charge in [-0.15, -0.1) is 0 Å². The Balaban J connectivity index is 1.24. The van der Waals surface area contributed by atoms with Crippen LogP contribution in [0.5, 0.6) is 23.0 Å². The molecule has 0 aromatic heterocycles. The summed E-state index contributed by atoms with van der Waals surface area (Å²) in [7, 11) is 0. The minimum absolute atomic E-state index is 0.232. The molecule has 2 unspecified atom stereocenters. The van der Waals surface area contributed by atoms with Crippen molar-refractivity contribution in [1.82, 2.24) is 0 Å². The fraction of sp³-hybridized carbons (Fsp3) is 0.600. The van der Waals surface area contributed by atoms with E-state index in [1.54, 1.807) is 0 Å². The summed E-state index contributed by atoms with van der Waals surface area (Å²) in [6.07, 6.45) is 4.73. The van der Waals surface area contributed by atoms with E-state index in [0.29, 0.717) is 26.4 Å². The van der Waals surface area contributed by atoms with Gasteiger partial charge in [0.1, 0.15) is 48.4 Å². The van der Waals surface area contributed by atoms with E-state index in [9.17, 15) is 0 Å². The Morgan fingerprint density at radius 3 is 1.45 bits per heavy atom. The van der Waals surface area contributed by atoms with Gasteiger partial charge in [-0.25, -0.2) is 0 Å². The lowest BCUT2D eigenvalue weighted by Gasteiger charge is -2.38. The summed E-state index contributed by atoms with van der Waals surface area (Å²) in [6.45, 7) is 12.1. The first-order chi connectivity index (χ1) is 18.7. The minimum Gasteiger partial charge on any atom is -0.491 e. The lowest BCUT2D eigenvalue weighted by atomic mass is 10.2. The molecule has 2 aromatic rings. The van der Waals surface area contributed by atoms with Crippen LogP contribution in [0.2, 0.25) is 0 Å². The molecule has 0 saturated carbocycles. The summed E-state index contributed by atoms with van der Waals surface area (Å²) >= 11 is 0. The minimum atomic E-state index is 0.232. The number of piperazine rings is 1. The number of epoxide rings is 2. The van der Waals surface area contributed by atoms with E-state index in [2.05, 4.69) is 35.8 Å². The van der Waals surface area contributed by atoms with Gasteiger partial charge in [0.25, 0.3) is 0 Å². The van der Waals surface area contributed by atoms with Gasteiger partial charge in [-0.2, -0.15) is 0 Å². The van der Waals surface area contributed by atoms with Gasteiger partial charge in [-0.05, 0) is 37.1 Å². The molecule has 3 aliphatic rings. The molecule has 0 amide bonds. The van der Waals surface area contributed by atoms with E-state index in [4.69, 9.17) is 28.4 Å². The molecular formula is C30H42N2O6. The van der Waals surface area contributed by atoms with Gasteiger partial charge in [0.15, 0.2) is 0 Å². The standard InChI is InChI=1S/C30H42N2O6/c1-3-5-15-33-29-17-23(35-19-25-21-37-25)7-9-27(29)31-11-13-32(14-12-31)28-10-8-24(36-20-26-22-38-26)18-30(28)34-16-6-4-2/h7-10,17-18,25-26H,3-6,11-16,19-22H2,1-2H3. The zero-order chi connectivity index (χ0) is 26.2. The van der Waals surface area contributed by atoms with Crippen molar-refractivity contribution in [3.05, 3.63) is 36.4 Å². The Kier molecular flexibility index (Phi) is 9.36. The molecule has 8 nitrogen and oxygen atoms in total. The molecule has 0 aliphatic carbocycles. The number of nitrogens with zero attached hydrogens (tertiary/aromatic N) is 2. The first-order valence-corrected chi connectivity index (χ1v) is 14.3. The lowest BCUT2D eigenvalue weighted by molar-refractivity contribution is 0.260. The van der Waals surface area contributed by atoms with E-state index in [-0.39, 0.29) is 12.2 Å². The Bertz CT molecular complexity index is 936. The van der Waals surface area contributed by atoms with Crippen LogP contribution < -0.4 is 28.7 Å². The number of hydrogen-bond acceptors (Lipinski definition) is 8. The third kappa shape index (κ3) is 7.60. The molecular weight excluding hydrogens is 484 g/mol. The van der Waals surface area contributed by atoms with Gasteiger partial charge in [0.05, 0.1) is 37.8 Å². The second-order valence-corrected chi connectivity index (χ2v) is 10.2. The fourth-order valence-electron chi connectivity index (χ4n) is 4.47. The molecule has 3 aliphatic heterocycles. The van der Waals surface area contributed by atoms with Gasteiger partial charge in [-0.3, -0.25) is 0 Å². The Morgan fingerprint density at radius 2 is 1.08 bits per heavy atom. The fourth-order valence-corrected chi connectivity index (χ4v) is 4.47. The highest BCUT2D eigenvalue weighted by Gasteiger charge is 2.26. The van der Waals surface area contributed by atoms with Crippen LogP contribution in [-0.2, 0) is 9.47 Å². The Hall–Kier alpha value is -2.84. The first-order valence-electron chi connectivity index (χ1n) is 14.3. The van der Waals surface area contributed by atoms with Gasteiger partial charge < -0.3 is 38.2 Å². The maximum Gasteiger partial charge on any atom is 0.146 e. The third-order valence-electron chi connectivity index (χ3n) is 7.01. The second kappa shape index (κ2) is 13.3. The van der Waals surface area contributed by atoms with E-state index in [1.807, 2.05) is 24.3 Å². The van der Waals surface area contributed by atoms with Crippen molar-refractivity contribution < 1.29 is 28.4 Å². The van der Waals surface area contributed by atoms with E-state index in [1.165, 1.54) is 0 Å². The first kappa shape index (κ1) is 26.8. The molecule has 0 radical (unpaired) electrons. The van der Waals surface area contributed by atoms with Gasteiger partial charge in [-0.1, -0.05) is 26.7 Å². The van der Waals surface area contributed by atoms with Crippen molar-refractivity contribution in [2.45, 2.75) is 51.7 Å². The van der Waals surface area contributed by atoms with Crippen molar-refractivity contribution in [3.8, 4) is 23.0 Å². The normalized spacial score (nSPS) is 20.3. The van der Waals surface area contributed by atoms with Crippen LogP contribution in [-0.4, -0.2) is 78.0 Å². The Morgan fingerprint density at radius 1 is 0.658 bits per heavy atom. The SMILES string of the molecule is CCCCOc1cc(OCC2CO2)ccc1N1CCN(c2ccc(OCC3CO3)cc2OCCCC)CC1. The molecule has 3 fully saturated rings. The molecule has 8 heteroatoms. The van der Waals surface area contributed by atoms with Crippen LogP contribution in [0.4, 0.5) is 11.4 Å². The summed E-state index contributed by atoms with van der Waals surface area (Å²) in [6, 6.07) is 12.4. The molecule has 38 heavy (non-hydrogen) atoms. The van der Waals surface area contributed by atoms with Crippen LogP contribution in [0.25, 0.3) is 0 Å². The quantitative estimate of drug-likeness (QED) is 0.225. The van der Waals surface area contributed by atoms with Crippen LogP contribution in [0.1, 0.15) is 39.5 Å². The molecule has 0 N–H and O–H groups in total. The van der Waals surface area contributed by atoms with Crippen LogP contribution >= 0.6 is 0 Å². The van der Waals surface area contributed by atoms with Crippen molar-refractivity contribution in [3.63, 3.8) is 0 Å². The zero-order valence-electron chi connectivity index (χ0n) is 22.9. The van der Waals surface area contributed by atoms with Crippen LogP contribution in [0, 0.1) is 0 Å². The summed E-state index contributed by atoms with van der Waals surface area (Å²) in [5, 5.41) is 0. The van der Waals surface area contributed by atoms with Crippen molar-refractivity contribution >= 4 is 11.4 Å². The summed E-state index contributed by atoms with van der Waals surface area (Å²) in [5.41, 5.74) is 2.25. The monoisotopic (exact) mass is 526 g/mol. The largest absolute Gasteiger partial charge is 0.491 e. The second-order valence-electron chi connectivity index (χ2n) is 10.2. The number of rotatable bonds is 16. The highest BCUT2D eigenvalue weighted by molar-refractivity contribution is 5.65. The highest BCUT2D eigenvalue weighted by Crippen LogP contribution is 2.37. The highest BCUT2D eigenvalue weighted by atomic mass is 16.6. The molecule has 208 valence electrons. The summed E-state index contributed by atoms with van der Waals surface area (Å²) in [5.74, 6) is 3.45. The number of benzene rings is 2. The van der Waals surface area contributed by atoms with Crippen LogP contribution in [0.15, 0.2) is 36.4 Å². The third-order valence-corrected chi connectivity index (χ3v) is 7.01. The van der Waals surface area contributed by atoms with Crippen LogP contribution in [0.3, 0.4) is 0 Å². The number of unbranched alkanes of at least 4 members (excludes halogenated alkanes) is 2. The number of hydrogen-bond donors (Lipinski definition) is 0. The smallest absolute Gasteiger partial charge is 0.146 e. The molecule has 0 bridgehead atoms. The molecule has 2 aromatic carbocycles.